The van der Waals surface area contributed by atoms with Gasteiger partial charge >= 0.3 is 0 Å². The van der Waals surface area contributed by atoms with E-state index in [1.54, 1.807) is 0 Å². The maximum atomic E-state index is 5.71. The lowest BCUT2D eigenvalue weighted by molar-refractivity contribution is 0.448. The lowest BCUT2D eigenvalue weighted by Crippen LogP contribution is -2.08. The number of hydrogen-bond donors (Lipinski definition) is 1. The maximum Gasteiger partial charge on any atom is 0.139 e. The van der Waals surface area contributed by atoms with Crippen molar-refractivity contribution in [2.75, 3.05) is 5.73 Å². The topological polar surface area (TPSA) is 43.8 Å². The van der Waals surface area contributed by atoms with Gasteiger partial charge in [-0.05, 0) is 36.6 Å². The summed E-state index contributed by atoms with van der Waals surface area (Å²) >= 11 is 0. The molecule has 1 aromatic carbocycles. The van der Waals surface area contributed by atoms with Gasteiger partial charge in [0.25, 0.3) is 0 Å². The first kappa shape index (κ1) is 12.7. The molecule has 0 bridgehead atoms. The maximum absolute atomic E-state index is 5.71. The third-order valence-corrected chi connectivity index (χ3v) is 3.17. The predicted molar refractivity (Wildman–Crippen MR) is 76.1 cm³/mol. The van der Waals surface area contributed by atoms with Crippen LogP contribution in [0, 0.1) is 5.92 Å². The summed E-state index contributed by atoms with van der Waals surface area (Å²) < 4.78 is 2.23. The number of nitrogens with zero attached hydrogens (tertiary/aromatic N) is 2. The van der Waals surface area contributed by atoms with Crippen molar-refractivity contribution >= 4 is 5.69 Å². The summed E-state index contributed by atoms with van der Waals surface area (Å²) in [4.78, 5) is 4.45. The lowest BCUT2D eigenvalue weighted by Gasteiger charge is -2.13. The quantitative estimate of drug-likeness (QED) is 0.816. The molecule has 0 aliphatic heterocycles. The van der Waals surface area contributed by atoms with Crippen LogP contribution in [0.2, 0.25) is 0 Å². The first-order valence-corrected chi connectivity index (χ1v) is 6.57. The molecule has 3 nitrogen and oxygen atoms in total. The molecule has 0 aliphatic rings. The summed E-state index contributed by atoms with van der Waals surface area (Å²) in [6.07, 6.45) is 6.40. The molecule has 1 atom stereocenters. The summed E-state index contributed by atoms with van der Waals surface area (Å²) in [6, 6.07) is 7.89. The van der Waals surface area contributed by atoms with Crippen LogP contribution in [0.15, 0.2) is 36.7 Å². The van der Waals surface area contributed by atoms with Gasteiger partial charge in [-0.2, -0.15) is 0 Å². The fourth-order valence-electron chi connectivity index (χ4n) is 2.27. The predicted octanol–water partition coefficient (Wildman–Crippen LogP) is 3.57. The average molecular weight is 243 g/mol. The molecule has 0 spiro atoms. The fourth-order valence-corrected chi connectivity index (χ4v) is 2.27. The molecule has 0 amide bonds. The van der Waals surface area contributed by atoms with Crippen molar-refractivity contribution < 1.29 is 0 Å². The summed E-state index contributed by atoms with van der Waals surface area (Å²) in [5.41, 5.74) is 7.62. The van der Waals surface area contributed by atoms with Crippen LogP contribution in [0.5, 0.6) is 0 Å². The van der Waals surface area contributed by atoms with E-state index in [2.05, 4.69) is 29.6 Å². The van der Waals surface area contributed by atoms with Gasteiger partial charge in [-0.3, -0.25) is 0 Å². The Bertz CT molecular complexity index is 485. The standard InChI is InChI=1S/C15H21N3/c1-3-4-12(2)11-18-10-9-17-15(18)13-5-7-14(16)8-6-13/h5-10,12H,3-4,11,16H2,1-2H3. The van der Waals surface area contributed by atoms with Crippen LogP contribution >= 0.6 is 0 Å². The number of nitrogen functional groups attached to an aromatic ring is 1. The molecular weight excluding hydrogens is 222 g/mol. The normalized spacial score (nSPS) is 12.6. The van der Waals surface area contributed by atoms with Crippen molar-refractivity contribution in [3.63, 3.8) is 0 Å². The summed E-state index contributed by atoms with van der Waals surface area (Å²) in [7, 11) is 0. The van der Waals surface area contributed by atoms with Crippen molar-refractivity contribution in [2.24, 2.45) is 5.92 Å². The molecule has 2 N–H and O–H groups in total. The van der Waals surface area contributed by atoms with Crippen LogP contribution in [0.3, 0.4) is 0 Å². The van der Waals surface area contributed by atoms with Crippen molar-refractivity contribution in [2.45, 2.75) is 33.2 Å². The highest BCUT2D eigenvalue weighted by Gasteiger charge is 2.08. The van der Waals surface area contributed by atoms with Gasteiger partial charge in [0.2, 0.25) is 0 Å². The Morgan fingerprint density at radius 1 is 1.28 bits per heavy atom. The van der Waals surface area contributed by atoms with Crippen LogP contribution < -0.4 is 5.73 Å². The van der Waals surface area contributed by atoms with Gasteiger partial charge in [-0.15, -0.1) is 0 Å². The molecule has 3 heteroatoms. The van der Waals surface area contributed by atoms with Crippen LogP contribution in [0.4, 0.5) is 5.69 Å². The van der Waals surface area contributed by atoms with Crippen molar-refractivity contribution in [1.82, 2.24) is 9.55 Å². The minimum Gasteiger partial charge on any atom is -0.399 e. The Hall–Kier alpha value is -1.77. The number of aromatic nitrogens is 2. The van der Waals surface area contributed by atoms with Crippen molar-refractivity contribution in [3.8, 4) is 11.4 Å². The largest absolute Gasteiger partial charge is 0.399 e. The van der Waals surface area contributed by atoms with Gasteiger partial charge in [0.1, 0.15) is 5.82 Å². The SMILES string of the molecule is CCCC(C)Cn1ccnc1-c1ccc(N)cc1. The first-order valence-electron chi connectivity index (χ1n) is 6.57. The average Bonchev–Trinajstić information content (AvgIpc) is 2.78. The molecule has 1 heterocycles. The number of nitrogens with two attached hydrogens (primary N) is 1. The van der Waals surface area contributed by atoms with E-state index in [0.29, 0.717) is 5.92 Å². The van der Waals surface area contributed by atoms with E-state index >= 15 is 0 Å². The second-order valence-corrected chi connectivity index (χ2v) is 4.92. The van der Waals surface area contributed by atoms with E-state index in [1.807, 2.05) is 30.5 Å². The monoisotopic (exact) mass is 243 g/mol. The molecule has 2 aromatic rings. The fraction of sp³-hybridized carbons (Fsp3) is 0.400. The third kappa shape index (κ3) is 2.92. The zero-order valence-electron chi connectivity index (χ0n) is 11.1. The van der Waals surface area contributed by atoms with Crippen LogP contribution in [0.25, 0.3) is 11.4 Å². The van der Waals surface area contributed by atoms with E-state index in [1.165, 1.54) is 12.8 Å². The van der Waals surface area contributed by atoms with Crippen LogP contribution in [0.1, 0.15) is 26.7 Å². The number of anilines is 1. The Labute approximate surface area is 109 Å². The third-order valence-electron chi connectivity index (χ3n) is 3.17. The first-order chi connectivity index (χ1) is 8.70. The Balaban J connectivity index is 2.19. The summed E-state index contributed by atoms with van der Waals surface area (Å²) in [6.45, 7) is 5.54. The van der Waals surface area contributed by atoms with Gasteiger partial charge in [-0.25, -0.2) is 4.98 Å². The molecule has 0 fully saturated rings. The van der Waals surface area contributed by atoms with E-state index in [4.69, 9.17) is 5.73 Å². The molecule has 1 aromatic heterocycles. The smallest absolute Gasteiger partial charge is 0.139 e. The molecule has 0 aliphatic carbocycles. The van der Waals surface area contributed by atoms with Gasteiger partial charge in [0, 0.05) is 30.2 Å². The van der Waals surface area contributed by atoms with E-state index < -0.39 is 0 Å². The minimum absolute atomic E-state index is 0.678. The highest BCUT2D eigenvalue weighted by atomic mass is 15.1. The van der Waals surface area contributed by atoms with Gasteiger partial charge < -0.3 is 10.3 Å². The Morgan fingerprint density at radius 2 is 2.00 bits per heavy atom. The number of rotatable bonds is 5. The molecule has 96 valence electrons. The molecular formula is C15H21N3. The summed E-state index contributed by atoms with van der Waals surface area (Å²) in [5, 5.41) is 0. The number of imidazole rings is 1. The summed E-state index contributed by atoms with van der Waals surface area (Å²) in [5.74, 6) is 1.70. The van der Waals surface area contributed by atoms with Crippen molar-refractivity contribution in [3.05, 3.63) is 36.7 Å². The molecule has 0 radical (unpaired) electrons. The molecule has 0 saturated heterocycles. The van der Waals surface area contributed by atoms with Crippen LogP contribution in [-0.4, -0.2) is 9.55 Å². The zero-order chi connectivity index (χ0) is 13.0. The van der Waals surface area contributed by atoms with Gasteiger partial charge in [-0.1, -0.05) is 20.3 Å². The van der Waals surface area contributed by atoms with E-state index in [-0.39, 0.29) is 0 Å². The van der Waals surface area contributed by atoms with Gasteiger partial charge in [0.05, 0.1) is 0 Å². The molecule has 1 unspecified atom stereocenters. The zero-order valence-corrected chi connectivity index (χ0v) is 11.1. The van der Waals surface area contributed by atoms with E-state index in [0.717, 1.165) is 23.6 Å². The van der Waals surface area contributed by atoms with E-state index in [9.17, 15) is 0 Å². The Morgan fingerprint density at radius 3 is 2.67 bits per heavy atom. The molecule has 0 saturated carbocycles. The lowest BCUT2D eigenvalue weighted by atomic mass is 10.1. The number of hydrogen-bond acceptors (Lipinski definition) is 2. The highest BCUT2D eigenvalue weighted by Crippen LogP contribution is 2.20. The Kier molecular flexibility index (Phi) is 4.03. The second kappa shape index (κ2) is 5.71. The highest BCUT2D eigenvalue weighted by molar-refractivity contribution is 5.59. The molecule has 2 rings (SSSR count). The van der Waals surface area contributed by atoms with Crippen molar-refractivity contribution in [1.29, 1.82) is 0 Å². The second-order valence-electron chi connectivity index (χ2n) is 4.92. The van der Waals surface area contributed by atoms with Gasteiger partial charge in [0.15, 0.2) is 0 Å². The number of benzene rings is 1. The minimum atomic E-state index is 0.678. The molecule has 18 heavy (non-hydrogen) atoms. The van der Waals surface area contributed by atoms with Crippen LogP contribution in [-0.2, 0) is 6.54 Å².